The Balaban J connectivity index is 2.83. The van der Waals surface area contributed by atoms with Gasteiger partial charge in [-0.2, -0.15) is 0 Å². The van der Waals surface area contributed by atoms with Crippen molar-refractivity contribution in [3.05, 3.63) is 61.3 Å². The van der Waals surface area contributed by atoms with E-state index in [0.717, 1.165) is 0 Å². The van der Waals surface area contributed by atoms with Crippen LogP contribution >= 0.6 is 0 Å². The molecular formula is C12H13NO. The van der Waals surface area contributed by atoms with Crippen LogP contribution < -0.4 is 0 Å². The Bertz CT molecular complexity index is 329. The summed E-state index contributed by atoms with van der Waals surface area (Å²) in [6.07, 6.45) is 3.18. The predicted molar refractivity (Wildman–Crippen MR) is 57.9 cm³/mol. The van der Waals surface area contributed by atoms with Gasteiger partial charge in [-0.25, -0.2) is 0 Å². The van der Waals surface area contributed by atoms with Gasteiger partial charge >= 0.3 is 0 Å². The SMILES string of the molecule is C=CCN(C=C)C(=O)c1ccccc1. The van der Waals surface area contributed by atoms with Crippen molar-refractivity contribution < 1.29 is 4.79 Å². The van der Waals surface area contributed by atoms with E-state index in [-0.39, 0.29) is 5.91 Å². The smallest absolute Gasteiger partial charge is 0.258 e. The van der Waals surface area contributed by atoms with Crippen molar-refractivity contribution in [3.8, 4) is 0 Å². The zero-order valence-electron chi connectivity index (χ0n) is 8.02. The fourth-order valence-electron chi connectivity index (χ4n) is 1.13. The highest BCUT2D eigenvalue weighted by Gasteiger charge is 2.09. The highest BCUT2D eigenvalue weighted by Crippen LogP contribution is 2.04. The Kier molecular flexibility index (Phi) is 3.68. The molecule has 0 aliphatic heterocycles. The van der Waals surface area contributed by atoms with Crippen LogP contribution in [0.5, 0.6) is 0 Å². The number of carbonyl (C=O) groups is 1. The Hall–Kier alpha value is -1.83. The van der Waals surface area contributed by atoms with E-state index in [1.54, 1.807) is 18.2 Å². The molecule has 0 fully saturated rings. The van der Waals surface area contributed by atoms with Gasteiger partial charge in [0.15, 0.2) is 0 Å². The molecule has 0 aliphatic carbocycles. The second-order valence-electron chi connectivity index (χ2n) is 2.79. The van der Waals surface area contributed by atoms with Crippen molar-refractivity contribution in [2.45, 2.75) is 0 Å². The Morgan fingerprint density at radius 1 is 1.29 bits per heavy atom. The lowest BCUT2D eigenvalue weighted by molar-refractivity contribution is 0.0835. The Morgan fingerprint density at radius 2 is 1.93 bits per heavy atom. The maximum Gasteiger partial charge on any atom is 0.258 e. The normalized spacial score (nSPS) is 9.14. The molecule has 0 unspecified atom stereocenters. The highest BCUT2D eigenvalue weighted by atomic mass is 16.2. The van der Waals surface area contributed by atoms with Crippen molar-refractivity contribution in [3.63, 3.8) is 0 Å². The van der Waals surface area contributed by atoms with E-state index in [1.165, 1.54) is 11.1 Å². The summed E-state index contributed by atoms with van der Waals surface area (Å²) < 4.78 is 0. The summed E-state index contributed by atoms with van der Waals surface area (Å²) in [7, 11) is 0. The molecule has 0 atom stereocenters. The van der Waals surface area contributed by atoms with E-state index in [9.17, 15) is 4.79 Å². The third-order valence-corrected chi connectivity index (χ3v) is 1.83. The van der Waals surface area contributed by atoms with Gasteiger partial charge in [0, 0.05) is 18.3 Å². The lowest BCUT2D eigenvalue weighted by Gasteiger charge is -2.15. The van der Waals surface area contributed by atoms with Crippen LogP contribution in [0.3, 0.4) is 0 Å². The first-order valence-corrected chi connectivity index (χ1v) is 4.39. The minimum absolute atomic E-state index is 0.0551. The van der Waals surface area contributed by atoms with Gasteiger partial charge < -0.3 is 4.90 Å². The maximum atomic E-state index is 11.8. The van der Waals surface area contributed by atoms with Crippen molar-refractivity contribution in [1.82, 2.24) is 4.90 Å². The lowest BCUT2D eigenvalue weighted by atomic mass is 10.2. The molecule has 2 nitrogen and oxygen atoms in total. The topological polar surface area (TPSA) is 20.3 Å². The Labute approximate surface area is 84.2 Å². The molecule has 2 heteroatoms. The molecule has 0 aromatic heterocycles. The molecule has 1 amide bonds. The summed E-state index contributed by atoms with van der Waals surface area (Å²) in [6.45, 7) is 7.65. The molecule has 0 bridgehead atoms. The van der Waals surface area contributed by atoms with Gasteiger partial charge in [0.1, 0.15) is 0 Å². The van der Waals surface area contributed by atoms with Gasteiger partial charge in [-0.1, -0.05) is 30.9 Å². The first kappa shape index (κ1) is 10.3. The van der Waals surface area contributed by atoms with E-state index in [1.807, 2.05) is 18.2 Å². The van der Waals surface area contributed by atoms with Crippen LogP contribution in [-0.2, 0) is 0 Å². The largest absolute Gasteiger partial charge is 0.312 e. The van der Waals surface area contributed by atoms with Crippen LogP contribution in [-0.4, -0.2) is 17.4 Å². The maximum absolute atomic E-state index is 11.8. The summed E-state index contributed by atoms with van der Waals surface area (Å²) >= 11 is 0. The van der Waals surface area contributed by atoms with Gasteiger partial charge in [-0.15, -0.1) is 6.58 Å². The number of carbonyl (C=O) groups excluding carboxylic acids is 1. The third kappa shape index (κ3) is 2.33. The molecule has 1 rings (SSSR count). The molecular weight excluding hydrogens is 174 g/mol. The van der Waals surface area contributed by atoms with Gasteiger partial charge in [-0.3, -0.25) is 4.79 Å². The average molecular weight is 187 g/mol. The average Bonchev–Trinajstić information content (AvgIpc) is 2.26. The van der Waals surface area contributed by atoms with E-state index in [2.05, 4.69) is 13.2 Å². The standard InChI is InChI=1S/C12H13NO/c1-3-10-13(4-2)12(14)11-8-6-5-7-9-11/h3-9H,1-2,10H2. The summed E-state index contributed by atoms with van der Waals surface area (Å²) in [4.78, 5) is 13.3. The van der Waals surface area contributed by atoms with Crippen LogP contribution in [0.2, 0.25) is 0 Å². The fraction of sp³-hybridized carbons (Fsp3) is 0.0833. The molecule has 14 heavy (non-hydrogen) atoms. The van der Waals surface area contributed by atoms with Gasteiger partial charge in [-0.05, 0) is 12.1 Å². The monoisotopic (exact) mass is 187 g/mol. The van der Waals surface area contributed by atoms with E-state index in [0.29, 0.717) is 12.1 Å². The van der Waals surface area contributed by atoms with Crippen molar-refractivity contribution in [2.24, 2.45) is 0 Å². The number of hydrogen-bond acceptors (Lipinski definition) is 1. The minimum atomic E-state index is -0.0551. The van der Waals surface area contributed by atoms with Crippen molar-refractivity contribution in [2.75, 3.05) is 6.54 Å². The molecule has 0 saturated heterocycles. The first-order chi connectivity index (χ1) is 6.79. The van der Waals surface area contributed by atoms with Crippen LogP contribution in [0.15, 0.2) is 55.8 Å². The number of amides is 1. The molecule has 0 radical (unpaired) electrons. The van der Waals surface area contributed by atoms with E-state index in [4.69, 9.17) is 0 Å². The quantitative estimate of drug-likeness (QED) is 0.663. The number of nitrogens with zero attached hydrogens (tertiary/aromatic N) is 1. The molecule has 0 N–H and O–H groups in total. The van der Waals surface area contributed by atoms with E-state index >= 15 is 0 Å². The van der Waals surface area contributed by atoms with Gasteiger partial charge in [0.05, 0.1) is 0 Å². The zero-order chi connectivity index (χ0) is 10.4. The summed E-state index contributed by atoms with van der Waals surface area (Å²) in [6, 6.07) is 9.11. The summed E-state index contributed by atoms with van der Waals surface area (Å²) in [5, 5.41) is 0. The Morgan fingerprint density at radius 3 is 2.43 bits per heavy atom. The molecule has 0 aliphatic rings. The molecule has 1 aromatic rings. The summed E-state index contributed by atoms with van der Waals surface area (Å²) in [5.41, 5.74) is 0.661. The van der Waals surface area contributed by atoms with Crippen LogP contribution in [0.4, 0.5) is 0 Å². The zero-order valence-corrected chi connectivity index (χ0v) is 8.02. The molecule has 0 spiro atoms. The number of hydrogen-bond donors (Lipinski definition) is 0. The fourth-order valence-corrected chi connectivity index (χ4v) is 1.13. The number of rotatable bonds is 4. The molecule has 72 valence electrons. The van der Waals surface area contributed by atoms with Crippen molar-refractivity contribution >= 4 is 5.91 Å². The van der Waals surface area contributed by atoms with Crippen LogP contribution in [0, 0.1) is 0 Å². The minimum Gasteiger partial charge on any atom is -0.312 e. The highest BCUT2D eigenvalue weighted by molar-refractivity contribution is 5.94. The van der Waals surface area contributed by atoms with Gasteiger partial charge in [0.2, 0.25) is 0 Å². The molecule has 0 heterocycles. The van der Waals surface area contributed by atoms with Crippen LogP contribution in [0.1, 0.15) is 10.4 Å². The lowest BCUT2D eigenvalue weighted by Crippen LogP contribution is -2.25. The predicted octanol–water partition coefficient (Wildman–Crippen LogP) is 2.46. The first-order valence-electron chi connectivity index (χ1n) is 4.39. The third-order valence-electron chi connectivity index (χ3n) is 1.83. The molecule has 1 aromatic carbocycles. The summed E-state index contributed by atoms with van der Waals surface area (Å²) in [5.74, 6) is -0.0551. The second kappa shape index (κ2) is 5.02. The van der Waals surface area contributed by atoms with Crippen molar-refractivity contribution in [1.29, 1.82) is 0 Å². The molecule has 0 saturated carbocycles. The number of benzene rings is 1. The second-order valence-corrected chi connectivity index (χ2v) is 2.79. The van der Waals surface area contributed by atoms with Crippen LogP contribution in [0.25, 0.3) is 0 Å². The van der Waals surface area contributed by atoms with E-state index < -0.39 is 0 Å². The van der Waals surface area contributed by atoms with Gasteiger partial charge in [0.25, 0.3) is 5.91 Å².